The van der Waals surface area contributed by atoms with Crippen LogP contribution in [0, 0.1) is 12.8 Å². The molecule has 0 bridgehead atoms. The van der Waals surface area contributed by atoms with Crippen molar-refractivity contribution in [3.63, 3.8) is 0 Å². The number of urea groups is 1. The van der Waals surface area contributed by atoms with Gasteiger partial charge in [-0.25, -0.2) is 9.59 Å². The summed E-state index contributed by atoms with van der Waals surface area (Å²) in [6, 6.07) is -0.00569. The van der Waals surface area contributed by atoms with Crippen molar-refractivity contribution in [1.82, 2.24) is 5.32 Å². The highest BCUT2D eigenvalue weighted by Gasteiger charge is 2.34. The van der Waals surface area contributed by atoms with Gasteiger partial charge in [0.05, 0.1) is 12.2 Å². The molecule has 0 saturated heterocycles. The summed E-state index contributed by atoms with van der Waals surface area (Å²) in [5, 5.41) is 7.97. The summed E-state index contributed by atoms with van der Waals surface area (Å²) in [6.45, 7) is 5.99. The molecule has 6 heteroatoms. The van der Waals surface area contributed by atoms with Crippen molar-refractivity contribution < 1.29 is 14.3 Å². The normalized spacial score (nSPS) is 20.8. The molecule has 1 aliphatic carbocycles. The van der Waals surface area contributed by atoms with E-state index in [1.165, 1.54) is 11.3 Å². The average molecular weight is 282 g/mol. The maximum absolute atomic E-state index is 11.8. The van der Waals surface area contributed by atoms with Gasteiger partial charge >= 0.3 is 12.0 Å². The Morgan fingerprint density at radius 1 is 1.53 bits per heavy atom. The minimum absolute atomic E-state index is 0.257. The van der Waals surface area contributed by atoms with Crippen LogP contribution in [0.5, 0.6) is 0 Å². The fourth-order valence-electron chi connectivity index (χ4n) is 1.82. The highest BCUT2D eigenvalue weighted by atomic mass is 32.1. The first-order valence-corrected chi connectivity index (χ1v) is 7.23. The first kappa shape index (κ1) is 13.9. The van der Waals surface area contributed by atoms with Crippen molar-refractivity contribution in [3.05, 3.63) is 16.5 Å². The third kappa shape index (κ3) is 3.26. The number of anilines is 1. The molecule has 1 aromatic heterocycles. The van der Waals surface area contributed by atoms with Gasteiger partial charge in [0.25, 0.3) is 0 Å². The molecule has 2 N–H and O–H groups in total. The zero-order valence-electron chi connectivity index (χ0n) is 11.3. The molecule has 0 spiro atoms. The molecule has 0 aromatic carbocycles. The molecule has 1 aromatic rings. The number of carbonyl (C=O) groups excluding carboxylic acids is 2. The van der Waals surface area contributed by atoms with Crippen molar-refractivity contribution in [1.29, 1.82) is 0 Å². The minimum atomic E-state index is -0.392. The highest BCUT2D eigenvalue weighted by molar-refractivity contribution is 7.15. The van der Waals surface area contributed by atoms with Gasteiger partial charge < -0.3 is 10.1 Å². The fraction of sp³-hybridized carbons (Fsp3) is 0.538. The van der Waals surface area contributed by atoms with Crippen molar-refractivity contribution in [3.8, 4) is 0 Å². The summed E-state index contributed by atoms with van der Waals surface area (Å²) >= 11 is 1.33. The largest absolute Gasteiger partial charge is 0.462 e. The fourth-order valence-corrected chi connectivity index (χ4v) is 2.75. The number of nitrogens with one attached hydrogen (secondary N) is 2. The number of hydrogen-bond donors (Lipinski definition) is 2. The number of aryl methyl sites for hydroxylation is 1. The Labute approximate surface area is 116 Å². The zero-order chi connectivity index (χ0) is 14.0. The summed E-state index contributed by atoms with van der Waals surface area (Å²) < 4.78 is 5.00. The molecule has 19 heavy (non-hydrogen) atoms. The molecular formula is C13H18N2O3S. The number of hydrogen-bond acceptors (Lipinski definition) is 4. The molecule has 2 atom stereocenters. The van der Waals surface area contributed by atoms with Crippen LogP contribution < -0.4 is 10.6 Å². The van der Waals surface area contributed by atoms with Crippen LogP contribution in [0.25, 0.3) is 0 Å². The lowest BCUT2D eigenvalue weighted by molar-refractivity contribution is 0.0527. The lowest BCUT2D eigenvalue weighted by atomic mass is 10.2. The quantitative estimate of drug-likeness (QED) is 0.834. The van der Waals surface area contributed by atoms with E-state index in [1.54, 1.807) is 6.92 Å². The van der Waals surface area contributed by atoms with Crippen molar-refractivity contribution in [2.75, 3.05) is 11.9 Å². The summed E-state index contributed by atoms with van der Waals surface area (Å²) in [5.74, 6) is 0.150. The summed E-state index contributed by atoms with van der Waals surface area (Å²) in [4.78, 5) is 23.6. The first-order chi connectivity index (χ1) is 9.02. The Morgan fingerprint density at radius 2 is 2.21 bits per heavy atom. The van der Waals surface area contributed by atoms with E-state index in [0.29, 0.717) is 23.1 Å². The topological polar surface area (TPSA) is 67.4 Å². The predicted molar refractivity (Wildman–Crippen MR) is 74.7 cm³/mol. The van der Waals surface area contributed by atoms with E-state index in [1.807, 2.05) is 12.3 Å². The van der Waals surface area contributed by atoms with E-state index in [2.05, 4.69) is 17.6 Å². The zero-order valence-corrected chi connectivity index (χ0v) is 12.1. The third-order valence-electron chi connectivity index (χ3n) is 3.11. The average Bonchev–Trinajstić information content (AvgIpc) is 2.88. The monoisotopic (exact) mass is 282 g/mol. The number of thiophene rings is 1. The lowest BCUT2D eigenvalue weighted by Gasteiger charge is -2.08. The SMILES string of the molecule is CCOC(=O)c1c(C)csc1NC(=O)NC1CC1C. The lowest BCUT2D eigenvalue weighted by Crippen LogP contribution is -2.31. The van der Waals surface area contributed by atoms with Crippen molar-refractivity contribution in [2.45, 2.75) is 33.2 Å². The van der Waals surface area contributed by atoms with E-state index in [-0.39, 0.29) is 12.1 Å². The highest BCUT2D eigenvalue weighted by Crippen LogP contribution is 2.30. The maximum atomic E-state index is 11.8. The van der Waals surface area contributed by atoms with E-state index < -0.39 is 5.97 Å². The Balaban J connectivity index is 2.03. The van der Waals surface area contributed by atoms with Gasteiger partial charge in [-0.15, -0.1) is 11.3 Å². The second kappa shape index (κ2) is 5.61. The van der Waals surface area contributed by atoms with Gasteiger partial charge in [0.1, 0.15) is 5.00 Å². The van der Waals surface area contributed by atoms with Gasteiger partial charge in [-0.2, -0.15) is 0 Å². The molecule has 1 heterocycles. The smallest absolute Gasteiger partial charge is 0.341 e. The molecule has 1 aliphatic rings. The van der Waals surface area contributed by atoms with Crippen LogP contribution in [-0.2, 0) is 4.74 Å². The summed E-state index contributed by atoms with van der Waals surface area (Å²) in [6.07, 6.45) is 1.02. The Hall–Kier alpha value is -1.56. The summed E-state index contributed by atoms with van der Waals surface area (Å²) in [7, 11) is 0. The van der Waals surface area contributed by atoms with Crippen molar-refractivity contribution in [2.24, 2.45) is 5.92 Å². The van der Waals surface area contributed by atoms with Crippen LogP contribution >= 0.6 is 11.3 Å². The van der Waals surface area contributed by atoms with E-state index in [9.17, 15) is 9.59 Å². The number of esters is 1. The molecule has 1 fully saturated rings. The second-order valence-corrected chi connectivity index (χ2v) is 5.64. The molecule has 5 nitrogen and oxygen atoms in total. The molecule has 2 amide bonds. The molecule has 104 valence electrons. The van der Waals surface area contributed by atoms with Crippen LogP contribution in [0.4, 0.5) is 9.80 Å². The molecule has 1 saturated carbocycles. The van der Waals surface area contributed by atoms with Crippen molar-refractivity contribution >= 4 is 28.3 Å². The van der Waals surface area contributed by atoms with Crippen LogP contribution in [-0.4, -0.2) is 24.6 Å². The summed E-state index contributed by atoms with van der Waals surface area (Å²) in [5.41, 5.74) is 1.27. The van der Waals surface area contributed by atoms with Gasteiger partial charge in [0.15, 0.2) is 0 Å². The van der Waals surface area contributed by atoms with Gasteiger partial charge in [-0.05, 0) is 37.1 Å². The van der Waals surface area contributed by atoms with E-state index >= 15 is 0 Å². The first-order valence-electron chi connectivity index (χ1n) is 6.35. The molecule has 0 aliphatic heterocycles. The van der Waals surface area contributed by atoms with Gasteiger partial charge in [0, 0.05) is 6.04 Å². The van der Waals surface area contributed by atoms with Crippen LogP contribution in [0.15, 0.2) is 5.38 Å². The van der Waals surface area contributed by atoms with Crippen LogP contribution in [0.1, 0.15) is 36.2 Å². The predicted octanol–water partition coefficient (Wildman–Crippen LogP) is 2.76. The Morgan fingerprint density at radius 3 is 2.79 bits per heavy atom. The molecule has 2 unspecified atom stereocenters. The number of amides is 2. The second-order valence-electron chi connectivity index (χ2n) is 4.76. The number of rotatable bonds is 4. The standard InChI is InChI=1S/C13H18N2O3S/c1-4-18-12(16)10-8(3)6-19-11(10)15-13(17)14-9-5-7(9)2/h6-7,9H,4-5H2,1-3H3,(H2,14,15,17). The molecular weight excluding hydrogens is 264 g/mol. The molecule has 2 rings (SSSR count). The van der Waals surface area contributed by atoms with E-state index in [4.69, 9.17) is 4.74 Å². The molecule has 0 radical (unpaired) electrons. The Bertz CT molecular complexity index is 498. The van der Waals surface area contributed by atoms with Crippen LogP contribution in [0.2, 0.25) is 0 Å². The number of ether oxygens (including phenoxy) is 1. The van der Waals surface area contributed by atoms with Gasteiger partial charge in [0.2, 0.25) is 0 Å². The minimum Gasteiger partial charge on any atom is -0.462 e. The Kier molecular flexibility index (Phi) is 4.09. The third-order valence-corrected chi connectivity index (χ3v) is 4.12. The maximum Gasteiger partial charge on any atom is 0.341 e. The van der Waals surface area contributed by atoms with Gasteiger partial charge in [-0.3, -0.25) is 5.32 Å². The van der Waals surface area contributed by atoms with Crippen LogP contribution in [0.3, 0.4) is 0 Å². The van der Waals surface area contributed by atoms with Gasteiger partial charge in [-0.1, -0.05) is 6.92 Å². The number of carbonyl (C=O) groups is 2. The van der Waals surface area contributed by atoms with E-state index in [0.717, 1.165) is 12.0 Å².